The van der Waals surface area contributed by atoms with E-state index in [0.717, 1.165) is 0 Å². The van der Waals surface area contributed by atoms with E-state index in [1.807, 2.05) is 6.92 Å². The Labute approximate surface area is 106 Å². The van der Waals surface area contributed by atoms with Gasteiger partial charge in [-0.15, -0.1) is 0 Å². The summed E-state index contributed by atoms with van der Waals surface area (Å²) in [5, 5.41) is 4.08. The van der Waals surface area contributed by atoms with E-state index in [2.05, 4.69) is 5.10 Å². The fourth-order valence-electron chi connectivity index (χ4n) is 2.08. The molecule has 2 heterocycles. The van der Waals surface area contributed by atoms with Crippen LogP contribution in [0.5, 0.6) is 0 Å². The number of rotatable bonds is 3. The number of aromatic nitrogens is 2. The Kier molecular flexibility index (Phi) is 3.70. The van der Waals surface area contributed by atoms with E-state index in [1.165, 1.54) is 0 Å². The number of hydrogen-bond acceptors (Lipinski definition) is 4. The highest BCUT2D eigenvalue weighted by molar-refractivity contribution is 7.91. The quantitative estimate of drug-likeness (QED) is 0.781. The second-order valence-electron chi connectivity index (χ2n) is 4.39. The van der Waals surface area contributed by atoms with Gasteiger partial charge >= 0.3 is 0 Å². The Balaban J connectivity index is 2.07. The van der Waals surface area contributed by atoms with Crippen LogP contribution >= 0.6 is 0 Å². The first-order valence-corrected chi connectivity index (χ1v) is 7.84. The van der Waals surface area contributed by atoms with E-state index in [-0.39, 0.29) is 23.5 Å². The summed E-state index contributed by atoms with van der Waals surface area (Å²) in [6, 6.07) is 1.44. The van der Waals surface area contributed by atoms with Crippen molar-refractivity contribution in [2.75, 3.05) is 24.6 Å². The molecule has 0 aliphatic carbocycles. The van der Waals surface area contributed by atoms with Crippen molar-refractivity contribution in [3.05, 3.63) is 18.5 Å². The predicted octanol–water partition coefficient (Wildman–Crippen LogP) is 0.0912. The van der Waals surface area contributed by atoms with Crippen molar-refractivity contribution in [3.63, 3.8) is 0 Å². The lowest BCUT2D eigenvalue weighted by Crippen LogP contribution is -2.46. The average molecular weight is 271 g/mol. The topological polar surface area (TPSA) is 72.3 Å². The molecule has 1 aliphatic heterocycles. The van der Waals surface area contributed by atoms with Crippen molar-refractivity contribution >= 4 is 15.7 Å². The molecular weight excluding hydrogens is 254 g/mol. The number of carbonyl (C=O) groups is 1. The van der Waals surface area contributed by atoms with Crippen LogP contribution in [0.3, 0.4) is 0 Å². The van der Waals surface area contributed by atoms with Gasteiger partial charge in [-0.2, -0.15) is 5.10 Å². The minimum absolute atomic E-state index is 0.0453. The van der Waals surface area contributed by atoms with Crippen LogP contribution in [-0.4, -0.2) is 53.6 Å². The average Bonchev–Trinajstić information content (AvgIpc) is 2.83. The number of nitrogens with zero attached hydrogens (tertiary/aromatic N) is 3. The van der Waals surface area contributed by atoms with Crippen molar-refractivity contribution in [2.45, 2.75) is 19.4 Å². The van der Waals surface area contributed by atoms with E-state index in [4.69, 9.17) is 0 Å². The van der Waals surface area contributed by atoms with Gasteiger partial charge in [-0.05, 0) is 12.5 Å². The minimum Gasteiger partial charge on any atom is -0.339 e. The molecule has 1 fully saturated rings. The summed E-state index contributed by atoms with van der Waals surface area (Å²) in [5.74, 6) is 0.0823. The molecule has 0 bridgehead atoms. The lowest BCUT2D eigenvalue weighted by atomic mass is 10.2. The van der Waals surface area contributed by atoms with E-state index < -0.39 is 9.84 Å². The second kappa shape index (κ2) is 5.09. The normalized spacial score (nSPS) is 20.6. The van der Waals surface area contributed by atoms with Gasteiger partial charge in [0.15, 0.2) is 9.84 Å². The zero-order chi connectivity index (χ0) is 13.2. The van der Waals surface area contributed by atoms with Gasteiger partial charge in [-0.1, -0.05) is 6.92 Å². The van der Waals surface area contributed by atoms with E-state index >= 15 is 0 Å². The third-order valence-corrected chi connectivity index (χ3v) is 4.78. The zero-order valence-electron chi connectivity index (χ0n) is 10.3. The predicted molar refractivity (Wildman–Crippen MR) is 66.8 cm³/mol. The van der Waals surface area contributed by atoms with Crippen LogP contribution in [0.2, 0.25) is 0 Å². The van der Waals surface area contributed by atoms with Gasteiger partial charge in [0.05, 0.1) is 11.5 Å². The van der Waals surface area contributed by atoms with Crippen LogP contribution in [0.25, 0.3) is 0 Å². The molecule has 0 spiro atoms. The smallest absolute Gasteiger partial charge is 0.247 e. The summed E-state index contributed by atoms with van der Waals surface area (Å²) in [4.78, 5) is 13.9. The maximum absolute atomic E-state index is 12.3. The molecule has 1 aromatic rings. The highest BCUT2D eigenvalue weighted by atomic mass is 32.2. The Morgan fingerprint density at radius 1 is 1.39 bits per heavy atom. The Bertz CT molecular complexity index is 496. The van der Waals surface area contributed by atoms with Crippen molar-refractivity contribution < 1.29 is 13.2 Å². The van der Waals surface area contributed by atoms with Gasteiger partial charge < -0.3 is 4.90 Å². The molecule has 2 rings (SSSR count). The van der Waals surface area contributed by atoms with Gasteiger partial charge in [0.1, 0.15) is 6.04 Å². The molecule has 1 aliphatic rings. The third-order valence-electron chi connectivity index (χ3n) is 3.17. The lowest BCUT2D eigenvalue weighted by Gasteiger charge is -2.30. The van der Waals surface area contributed by atoms with E-state index in [1.54, 1.807) is 28.0 Å². The Morgan fingerprint density at radius 3 is 2.56 bits per heavy atom. The van der Waals surface area contributed by atoms with Crippen LogP contribution in [0.15, 0.2) is 18.5 Å². The number of carbonyl (C=O) groups excluding carboxylic acids is 1. The molecule has 1 amide bonds. The van der Waals surface area contributed by atoms with Crippen LogP contribution in [0.1, 0.15) is 19.4 Å². The first-order valence-electron chi connectivity index (χ1n) is 6.02. The molecule has 0 N–H and O–H groups in total. The molecule has 0 saturated carbocycles. The second-order valence-corrected chi connectivity index (χ2v) is 6.69. The van der Waals surface area contributed by atoms with Gasteiger partial charge in [-0.25, -0.2) is 8.42 Å². The summed E-state index contributed by atoms with van der Waals surface area (Å²) in [7, 11) is -2.95. The van der Waals surface area contributed by atoms with Crippen molar-refractivity contribution in [3.8, 4) is 0 Å². The molecule has 0 unspecified atom stereocenters. The summed E-state index contributed by atoms with van der Waals surface area (Å²) in [6.07, 6.45) is 4.03. The highest BCUT2D eigenvalue weighted by Crippen LogP contribution is 2.15. The summed E-state index contributed by atoms with van der Waals surface area (Å²) in [6.45, 7) is 2.50. The van der Waals surface area contributed by atoms with Crippen molar-refractivity contribution in [2.24, 2.45) is 0 Å². The van der Waals surface area contributed by atoms with Crippen LogP contribution in [0, 0.1) is 0 Å². The molecule has 1 aromatic heterocycles. The monoisotopic (exact) mass is 271 g/mol. The van der Waals surface area contributed by atoms with Crippen molar-refractivity contribution in [1.82, 2.24) is 14.7 Å². The molecule has 1 atom stereocenters. The van der Waals surface area contributed by atoms with E-state index in [0.29, 0.717) is 19.5 Å². The fourth-order valence-corrected chi connectivity index (χ4v) is 3.28. The maximum Gasteiger partial charge on any atom is 0.247 e. The van der Waals surface area contributed by atoms with Crippen LogP contribution in [0.4, 0.5) is 0 Å². The molecule has 100 valence electrons. The van der Waals surface area contributed by atoms with Gasteiger partial charge in [0.25, 0.3) is 0 Å². The standard InChI is InChI=1S/C11H17N3O3S/c1-2-10(14-5-3-4-12-14)11(15)13-6-8-18(16,17)9-7-13/h3-5,10H,2,6-9H2,1H3/t10-/m0/s1. The molecule has 1 saturated heterocycles. The largest absolute Gasteiger partial charge is 0.339 e. The third kappa shape index (κ3) is 2.72. The Morgan fingerprint density at radius 2 is 2.06 bits per heavy atom. The van der Waals surface area contributed by atoms with Gasteiger partial charge in [0.2, 0.25) is 5.91 Å². The molecule has 7 heteroatoms. The SMILES string of the molecule is CC[C@@H](C(=O)N1CCS(=O)(=O)CC1)n1cccn1. The minimum atomic E-state index is -2.95. The number of sulfone groups is 1. The molecule has 6 nitrogen and oxygen atoms in total. The molecule has 0 aromatic carbocycles. The summed E-state index contributed by atoms with van der Waals surface area (Å²) in [5.41, 5.74) is 0. The van der Waals surface area contributed by atoms with Crippen LogP contribution < -0.4 is 0 Å². The molecular formula is C11H17N3O3S. The maximum atomic E-state index is 12.3. The zero-order valence-corrected chi connectivity index (χ0v) is 11.1. The lowest BCUT2D eigenvalue weighted by molar-refractivity contribution is -0.134. The Hall–Kier alpha value is -1.37. The molecule has 0 radical (unpaired) electrons. The summed E-state index contributed by atoms with van der Waals surface area (Å²) < 4.78 is 24.3. The van der Waals surface area contributed by atoms with Gasteiger partial charge in [-0.3, -0.25) is 9.48 Å². The first kappa shape index (κ1) is 13.1. The first-order chi connectivity index (χ1) is 8.53. The highest BCUT2D eigenvalue weighted by Gasteiger charge is 2.29. The molecule has 18 heavy (non-hydrogen) atoms. The van der Waals surface area contributed by atoms with Gasteiger partial charge in [0, 0.05) is 25.5 Å². The summed E-state index contributed by atoms with van der Waals surface area (Å²) >= 11 is 0. The van der Waals surface area contributed by atoms with E-state index in [9.17, 15) is 13.2 Å². The van der Waals surface area contributed by atoms with Crippen LogP contribution in [-0.2, 0) is 14.6 Å². The number of hydrogen-bond donors (Lipinski definition) is 0. The number of amides is 1. The van der Waals surface area contributed by atoms with Crippen molar-refractivity contribution in [1.29, 1.82) is 0 Å². The fraction of sp³-hybridized carbons (Fsp3) is 0.636.